The molecule has 1 aliphatic heterocycles. The van der Waals surface area contributed by atoms with Crippen molar-refractivity contribution in [1.82, 2.24) is 19.8 Å². The Morgan fingerprint density at radius 2 is 2.00 bits per heavy atom. The molecule has 1 aromatic carbocycles. The van der Waals surface area contributed by atoms with Crippen LogP contribution < -0.4 is 10.9 Å². The molecule has 4 rings (SSSR count). The Morgan fingerprint density at radius 3 is 2.76 bits per heavy atom. The minimum atomic E-state index is -0.206. The van der Waals surface area contributed by atoms with E-state index in [0.29, 0.717) is 30.0 Å². The van der Waals surface area contributed by atoms with E-state index >= 15 is 0 Å². The molecule has 3 aromatic rings. The normalized spacial score (nSPS) is 16.0. The van der Waals surface area contributed by atoms with Crippen LogP contribution in [0.15, 0.2) is 46.8 Å². The van der Waals surface area contributed by atoms with E-state index in [2.05, 4.69) is 15.2 Å². The van der Waals surface area contributed by atoms with Crippen molar-refractivity contribution in [1.29, 1.82) is 0 Å². The molecule has 0 bridgehead atoms. The highest BCUT2D eigenvalue weighted by atomic mass is 32.1. The van der Waals surface area contributed by atoms with E-state index in [0.717, 1.165) is 18.7 Å². The maximum absolute atomic E-state index is 12.8. The number of ether oxygens (including phenoxy) is 1. The van der Waals surface area contributed by atoms with Crippen LogP contribution in [-0.2, 0) is 16.1 Å². The minimum absolute atomic E-state index is 0.0525. The molecule has 0 spiro atoms. The summed E-state index contributed by atoms with van der Waals surface area (Å²) >= 11 is 1.42. The van der Waals surface area contributed by atoms with Crippen LogP contribution in [0.3, 0.4) is 0 Å². The van der Waals surface area contributed by atoms with Gasteiger partial charge in [-0.25, -0.2) is 4.98 Å². The largest absolute Gasteiger partial charge is 0.379 e. The number of hydrogen-bond acceptors (Lipinski definition) is 6. The molecule has 0 radical (unpaired) electrons. The molecule has 2 aromatic heterocycles. The number of benzene rings is 1. The lowest BCUT2D eigenvalue weighted by atomic mass is 10.0. The van der Waals surface area contributed by atoms with Crippen molar-refractivity contribution in [2.24, 2.45) is 0 Å². The molecule has 0 saturated carbocycles. The van der Waals surface area contributed by atoms with Crippen molar-refractivity contribution >= 4 is 27.5 Å². The molecule has 1 fully saturated rings. The van der Waals surface area contributed by atoms with Crippen LogP contribution in [0.4, 0.5) is 0 Å². The molecule has 0 aliphatic carbocycles. The van der Waals surface area contributed by atoms with Crippen LogP contribution >= 0.6 is 11.3 Å². The number of aryl methyl sites for hydroxylation is 1. The fourth-order valence-corrected chi connectivity index (χ4v) is 4.20. The van der Waals surface area contributed by atoms with Gasteiger partial charge in [0.05, 0.1) is 31.0 Å². The van der Waals surface area contributed by atoms with Gasteiger partial charge in [0.2, 0.25) is 5.91 Å². The van der Waals surface area contributed by atoms with E-state index in [1.165, 1.54) is 27.8 Å². The third-order valence-electron chi connectivity index (χ3n) is 5.12. The summed E-state index contributed by atoms with van der Waals surface area (Å²) in [5.74, 6) is -0.206. The summed E-state index contributed by atoms with van der Waals surface area (Å²) in [6.07, 6.45) is 1.45. The highest BCUT2D eigenvalue weighted by Crippen LogP contribution is 2.17. The number of amides is 1. The molecule has 1 N–H and O–H groups in total. The first-order chi connectivity index (χ1) is 14.1. The molecule has 8 heteroatoms. The number of nitrogens with one attached hydrogen (secondary N) is 1. The van der Waals surface area contributed by atoms with Crippen LogP contribution in [0, 0.1) is 6.92 Å². The van der Waals surface area contributed by atoms with E-state index in [-0.39, 0.29) is 24.1 Å². The molecular weight excluding hydrogens is 388 g/mol. The van der Waals surface area contributed by atoms with E-state index in [4.69, 9.17) is 4.74 Å². The Bertz CT molecular complexity index is 1040. The number of carbonyl (C=O) groups excluding carboxylic acids is 1. The Labute approximate surface area is 172 Å². The zero-order chi connectivity index (χ0) is 20.2. The van der Waals surface area contributed by atoms with Crippen molar-refractivity contribution < 1.29 is 9.53 Å². The zero-order valence-electron chi connectivity index (χ0n) is 16.3. The van der Waals surface area contributed by atoms with Gasteiger partial charge in [-0.15, -0.1) is 11.3 Å². The quantitative estimate of drug-likeness (QED) is 0.670. The second-order valence-electron chi connectivity index (χ2n) is 7.26. The number of fused-ring (bicyclic) bond motifs is 1. The smallest absolute Gasteiger partial charge is 0.262 e. The second-order valence-corrected chi connectivity index (χ2v) is 8.16. The molecule has 3 heterocycles. The van der Waals surface area contributed by atoms with E-state index < -0.39 is 0 Å². The summed E-state index contributed by atoms with van der Waals surface area (Å²) in [6.45, 7) is 5.79. The summed E-state index contributed by atoms with van der Waals surface area (Å²) in [5, 5.41) is 5.49. The topological polar surface area (TPSA) is 76.5 Å². The molecule has 1 aliphatic rings. The summed E-state index contributed by atoms with van der Waals surface area (Å²) in [5.41, 5.74) is 2.03. The van der Waals surface area contributed by atoms with Crippen molar-refractivity contribution in [3.8, 4) is 0 Å². The molecule has 152 valence electrons. The summed E-state index contributed by atoms with van der Waals surface area (Å²) in [4.78, 5) is 32.6. The van der Waals surface area contributed by atoms with Crippen molar-refractivity contribution in [3.63, 3.8) is 0 Å². The number of nitrogens with zero attached hydrogens (tertiary/aromatic N) is 3. The fraction of sp³-hybridized carbons (Fsp3) is 0.381. The van der Waals surface area contributed by atoms with Gasteiger partial charge in [0, 0.05) is 19.6 Å². The lowest BCUT2D eigenvalue weighted by Gasteiger charge is -2.31. The van der Waals surface area contributed by atoms with Crippen LogP contribution in [0.25, 0.3) is 10.2 Å². The highest BCUT2D eigenvalue weighted by molar-refractivity contribution is 7.16. The molecular formula is C21H24N4O3S. The highest BCUT2D eigenvalue weighted by Gasteiger charge is 2.20. The van der Waals surface area contributed by atoms with Crippen molar-refractivity contribution in [3.05, 3.63) is 63.5 Å². The average molecular weight is 413 g/mol. The predicted molar refractivity (Wildman–Crippen MR) is 113 cm³/mol. The molecule has 1 saturated heterocycles. The summed E-state index contributed by atoms with van der Waals surface area (Å²) < 4.78 is 6.80. The number of rotatable bonds is 6. The van der Waals surface area contributed by atoms with Crippen LogP contribution in [0.2, 0.25) is 0 Å². The minimum Gasteiger partial charge on any atom is -0.379 e. The van der Waals surface area contributed by atoms with Gasteiger partial charge in [-0.1, -0.05) is 29.8 Å². The Kier molecular flexibility index (Phi) is 6.03. The molecule has 7 nitrogen and oxygen atoms in total. The number of morpholine rings is 1. The average Bonchev–Trinajstić information content (AvgIpc) is 3.21. The maximum atomic E-state index is 12.8. The van der Waals surface area contributed by atoms with Gasteiger partial charge < -0.3 is 10.1 Å². The fourth-order valence-electron chi connectivity index (χ4n) is 3.48. The SMILES string of the molecule is Cc1ccc([C@H](CN2CCOCC2)NC(=O)Cn2cnc3sccc3c2=O)cc1. The van der Waals surface area contributed by atoms with Gasteiger partial charge >= 0.3 is 0 Å². The van der Waals surface area contributed by atoms with E-state index in [9.17, 15) is 9.59 Å². The van der Waals surface area contributed by atoms with Crippen molar-refractivity contribution in [2.75, 3.05) is 32.8 Å². The van der Waals surface area contributed by atoms with Crippen LogP contribution in [-0.4, -0.2) is 53.2 Å². The molecule has 29 heavy (non-hydrogen) atoms. The molecule has 0 unspecified atom stereocenters. The standard InChI is InChI=1S/C21H24N4O3S/c1-15-2-4-16(5-3-15)18(12-24-7-9-28-10-8-24)23-19(26)13-25-14-22-20-17(21(25)27)6-11-29-20/h2-6,11,14,18H,7-10,12-13H2,1H3,(H,23,26)/t18-/m0/s1. The number of aromatic nitrogens is 2. The Morgan fingerprint density at radius 1 is 1.24 bits per heavy atom. The van der Waals surface area contributed by atoms with Gasteiger partial charge in [-0.05, 0) is 23.9 Å². The van der Waals surface area contributed by atoms with Gasteiger partial charge in [0.1, 0.15) is 11.4 Å². The van der Waals surface area contributed by atoms with E-state index in [1.807, 2.05) is 36.6 Å². The maximum Gasteiger partial charge on any atom is 0.262 e. The van der Waals surface area contributed by atoms with Crippen molar-refractivity contribution in [2.45, 2.75) is 19.5 Å². The van der Waals surface area contributed by atoms with Gasteiger partial charge in [0.25, 0.3) is 5.56 Å². The second kappa shape index (κ2) is 8.86. The van der Waals surface area contributed by atoms with E-state index in [1.54, 1.807) is 6.07 Å². The van der Waals surface area contributed by atoms with Gasteiger partial charge in [0.15, 0.2) is 0 Å². The Balaban J connectivity index is 1.50. The lowest BCUT2D eigenvalue weighted by Crippen LogP contribution is -2.44. The first kappa shape index (κ1) is 19.8. The van der Waals surface area contributed by atoms with Gasteiger partial charge in [-0.3, -0.25) is 19.1 Å². The third kappa shape index (κ3) is 4.72. The predicted octanol–water partition coefficient (Wildman–Crippen LogP) is 1.96. The zero-order valence-corrected chi connectivity index (χ0v) is 17.2. The monoisotopic (exact) mass is 412 g/mol. The number of hydrogen-bond donors (Lipinski definition) is 1. The molecule has 1 atom stereocenters. The van der Waals surface area contributed by atoms with Crippen LogP contribution in [0.5, 0.6) is 0 Å². The lowest BCUT2D eigenvalue weighted by molar-refractivity contribution is -0.122. The molecule has 1 amide bonds. The summed E-state index contributed by atoms with van der Waals surface area (Å²) in [7, 11) is 0. The Hall–Kier alpha value is -2.55. The third-order valence-corrected chi connectivity index (χ3v) is 5.94. The first-order valence-electron chi connectivity index (χ1n) is 9.69. The number of thiophene rings is 1. The van der Waals surface area contributed by atoms with Gasteiger partial charge in [-0.2, -0.15) is 0 Å². The van der Waals surface area contributed by atoms with Crippen LogP contribution in [0.1, 0.15) is 17.2 Å². The number of carbonyl (C=O) groups is 1. The first-order valence-corrected chi connectivity index (χ1v) is 10.6. The summed E-state index contributed by atoms with van der Waals surface area (Å²) in [6, 6.07) is 9.78.